The molecule has 2 aliphatic carbocycles. The molecule has 2 aliphatic rings. The number of anilines is 3. The van der Waals surface area contributed by atoms with Gasteiger partial charge in [-0.1, -0.05) is 126 Å². The van der Waals surface area contributed by atoms with Gasteiger partial charge in [-0.15, -0.1) is 0 Å². The smallest absolute Gasteiger partial charge is 0.0543 e. The van der Waals surface area contributed by atoms with Crippen LogP contribution in [-0.2, 0) is 16.2 Å². The Bertz CT molecular complexity index is 2180. The van der Waals surface area contributed by atoms with E-state index in [-0.39, 0.29) is 16.2 Å². The summed E-state index contributed by atoms with van der Waals surface area (Å²) >= 11 is 0. The van der Waals surface area contributed by atoms with E-state index in [0.29, 0.717) is 0 Å². The van der Waals surface area contributed by atoms with Gasteiger partial charge in [-0.3, -0.25) is 0 Å². The van der Waals surface area contributed by atoms with Crippen molar-refractivity contribution in [2.45, 2.75) is 77.6 Å². The molecule has 0 spiro atoms. The third kappa shape index (κ3) is 4.58. The second-order valence-corrected chi connectivity index (χ2v) is 15.7. The number of para-hydroxylation sites is 1. The van der Waals surface area contributed by atoms with Crippen LogP contribution in [0, 0.1) is 6.92 Å². The summed E-state index contributed by atoms with van der Waals surface area (Å²) in [7, 11) is 0. The molecule has 234 valence electrons. The molecule has 6 aromatic rings. The van der Waals surface area contributed by atoms with Crippen LogP contribution in [0.15, 0.2) is 121 Å². The molecule has 6 aromatic carbocycles. The Labute approximate surface area is 280 Å². The summed E-state index contributed by atoms with van der Waals surface area (Å²) in [5.41, 5.74) is 16.2. The van der Waals surface area contributed by atoms with E-state index in [1.165, 1.54) is 90.7 Å². The third-order valence-electron chi connectivity index (χ3n) is 11.4. The standard InChI is InChI=1S/C46H45N/c1-30-21-24-39-43(45(4,5)26-25-44(39,2)3)42(30)37-28-36-35-19-13-14-20-38(35)46(6,7)40(36)29-41(37)47(33-17-9-8-10-18-33)34-23-22-31-15-11-12-16-32(31)27-34/h8-24,27-29H,25-26H2,1-7H3. The van der Waals surface area contributed by atoms with Crippen molar-refractivity contribution in [3.63, 3.8) is 0 Å². The Kier molecular flexibility index (Phi) is 6.61. The number of nitrogens with zero attached hydrogens (tertiary/aromatic N) is 1. The molecule has 0 amide bonds. The van der Waals surface area contributed by atoms with Crippen molar-refractivity contribution in [2.75, 3.05) is 4.90 Å². The maximum Gasteiger partial charge on any atom is 0.0543 e. The molecule has 0 unspecified atom stereocenters. The molecule has 0 aromatic heterocycles. The second kappa shape index (κ2) is 10.4. The van der Waals surface area contributed by atoms with Crippen LogP contribution >= 0.6 is 0 Å². The van der Waals surface area contributed by atoms with E-state index in [1.807, 2.05) is 0 Å². The lowest BCUT2D eigenvalue weighted by molar-refractivity contribution is 0.332. The molecule has 0 heterocycles. The van der Waals surface area contributed by atoms with E-state index in [0.717, 1.165) is 0 Å². The molecule has 8 rings (SSSR count). The van der Waals surface area contributed by atoms with Crippen molar-refractivity contribution in [3.8, 4) is 22.3 Å². The monoisotopic (exact) mass is 611 g/mol. The highest BCUT2D eigenvalue weighted by atomic mass is 15.1. The lowest BCUT2D eigenvalue weighted by Crippen LogP contribution is -2.34. The fraction of sp³-hybridized carbons (Fsp3) is 0.261. The fourth-order valence-corrected chi connectivity index (χ4v) is 8.65. The summed E-state index contributed by atoms with van der Waals surface area (Å²) in [6.07, 6.45) is 2.37. The van der Waals surface area contributed by atoms with Crippen molar-refractivity contribution < 1.29 is 0 Å². The minimum absolute atomic E-state index is 0.0557. The maximum absolute atomic E-state index is 2.55. The summed E-state index contributed by atoms with van der Waals surface area (Å²) in [6, 6.07) is 45.5. The zero-order valence-corrected chi connectivity index (χ0v) is 28.9. The van der Waals surface area contributed by atoms with Crippen LogP contribution in [0.5, 0.6) is 0 Å². The normalized spacial score (nSPS) is 16.7. The first kappa shape index (κ1) is 29.8. The summed E-state index contributed by atoms with van der Waals surface area (Å²) < 4.78 is 0. The van der Waals surface area contributed by atoms with Crippen LogP contribution in [0.3, 0.4) is 0 Å². The van der Waals surface area contributed by atoms with E-state index >= 15 is 0 Å². The van der Waals surface area contributed by atoms with Gasteiger partial charge < -0.3 is 4.90 Å². The number of hydrogen-bond donors (Lipinski definition) is 0. The van der Waals surface area contributed by atoms with Crippen molar-refractivity contribution in [3.05, 3.63) is 149 Å². The summed E-state index contributed by atoms with van der Waals surface area (Å²) in [4.78, 5) is 2.51. The van der Waals surface area contributed by atoms with Gasteiger partial charge in [0.2, 0.25) is 0 Å². The minimum Gasteiger partial charge on any atom is -0.310 e. The van der Waals surface area contributed by atoms with Gasteiger partial charge in [-0.2, -0.15) is 0 Å². The molecule has 47 heavy (non-hydrogen) atoms. The van der Waals surface area contributed by atoms with Crippen LogP contribution in [0.25, 0.3) is 33.0 Å². The Morgan fingerprint density at radius 2 is 1.17 bits per heavy atom. The second-order valence-electron chi connectivity index (χ2n) is 15.7. The molecule has 1 nitrogen and oxygen atoms in total. The zero-order valence-electron chi connectivity index (χ0n) is 28.9. The Hall–Kier alpha value is -4.62. The first-order valence-electron chi connectivity index (χ1n) is 17.2. The van der Waals surface area contributed by atoms with E-state index in [4.69, 9.17) is 0 Å². The van der Waals surface area contributed by atoms with Crippen LogP contribution in [-0.4, -0.2) is 0 Å². The largest absolute Gasteiger partial charge is 0.310 e. The van der Waals surface area contributed by atoms with Crippen molar-refractivity contribution in [2.24, 2.45) is 0 Å². The van der Waals surface area contributed by atoms with Crippen LogP contribution in [0.4, 0.5) is 17.1 Å². The topological polar surface area (TPSA) is 3.24 Å². The average Bonchev–Trinajstić information content (AvgIpc) is 3.29. The van der Waals surface area contributed by atoms with Gasteiger partial charge in [0.1, 0.15) is 0 Å². The molecular weight excluding hydrogens is 567 g/mol. The number of fused-ring (bicyclic) bond motifs is 5. The first-order valence-corrected chi connectivity index (χ1v) is 17.2. The Balaban J connectivity index is 1.51. The van der Waals surface area contributed by atoms with Gasteiger partial charge in [0, 0.05) is 22.4 Å². The predicted molar refractivity (Wildman–Crippen MR) is 202 cm³/mol. The quantitative estimate of drug-likeness (QED) is 0.192. The van der Waals surface area contributed by atoms with Crippen LogP contribution in [0.1, 0.15) is 82.2 Å². The van der Waals surface area contributed by atoms with Crippen LogP contribution < -0.4 is 4.90 Å². The molecule has 0 fully saturated rings. The average molecular weight is 612 g/mol. The fourth-order valence-electron chi connectivity index (χ4n) is 8.65. The van der Waals surface area contributed by atoms with Crippen LogP contribution in [0.2, 0.25) is 0 Å². The van der Waals surface area contributed by atoms with Crippen molar-refractivity contribution in [1.29, 1.82) is 0 Å². The highest BCUT2D eigenvalue weighted by Gasteiger charge is 2.41. The van der Waals surface area contributed by atoms with Crippen molar-refractivity contribution in [1.82, 2.24) is 0 Å². The predicted octanol–water partition coefficient (Wildman–Crippen LogP) is 12.9. The van der Waals surface area contributed by atoms with E-state index < -0.39 is 0 Å². The zero-order chi connectivity index (χ0) is 32.7. The number of aryl methyl sites for hydroxylation is 1. The number of benzene rings is 6. The van der Waals surface area contributed by atoms with Gasteiger partial charge in [0.25, 0.3) is 0 Å². The SMILES string of the molecule is Cc1ccc2c(c1-c1cc3c(cc1N(c1ccccc1)c1ccc4ccccc4c1)C(C)(C)c1ccccc1-3)C(C)(C)CCC2(C)C. The lowest BCUT2D eigenvalue weighted by atomic mass is 9.61. The molecule has 0 N–H and O–H groups in total. The summed E-state index contributed by atoms with van der Waals surface area (Å²) in [5.74, 6) is 0. The molecule has 0 saturated heterocycles. The van der Waals surface area contributed by atoms with Gasteiger partial charge in [-0.05, 0) is 122 Å². The highest BCUT2D eigenvalue weighted by molar-refractivity contribution is 5.98. The summed E-state index contributed by atoms with van der Waals surface area (Å²) in [5, 5.41) is 2.50. The molecule has 0 atom stereocenters. The number of rotatable bonds is 4. The van der Waals surface area contributed by atoms with Gasteiger partial charge >= 0.3 is 0 Å². The summed E-state index contributed by atoms with van der Waals surface area (Å²) in [6.45, 7) is 16.9. The maximum atomic E-state index is 2.55. The lowest BCUT2D eigenvalue weighted by Gasteiger charge is -2.44. The minimum atomic E-state index is -0.114. The van der Waals surface area contributed by atoms with E-state index in [1.54, 1.807) is 0 Å². The Morgan fingerprint density at radius 3 is 1.96 bits per heavy atom. The Morgan fingerprint density at radius 1 is 0.489 bits per heavy atom. The molecule has 0 bridgehead atoms. The molecule has 1 heteroatoms. The number of hydrogen-bond acceptors (Lipinski definition) is 1. The molecule has 0 saturated carbocycles. The molecule has 0 aliphatic heterocycles. The third-order valence-corrected chi connectivity index (χ3v) is 11.4. The van der Waals surface area contributed by atoms with Gasteiger partial charge in [0.15, 0.2) is 0 Å². The van der Waals surface area contributed by atoms with E-state index in [2.05, 4.69) is 175 Å². The molecular formula is C46H45N. The molecule has 0 radical (unpaired) electrons. The highest BCUT2D eigenvalue weighted by Crippen LogP contribution is 2.57. The van der Waals surface area contributed by atoms with E-state index in [9.17, 15) is 0 Å². The first-order chi connectivity index (χ1) is 22.5. The van der Waals surface area contributed by atoms with Crippen molar-refractivity contribution >= 4 is 27.8 Å². The van der Waals surface area contributed by atoms with Gasteiger partial charge in [-0.25, -0.2) is 0 Å². The van der Waals surface area contributed by atoms with Gasteiger partial charge in [0.05, 0.1) is 5.69 Å².